The van der Waals surface area contributed by atoms with Crippen LogP contribution < -0.4 is 10.6 Å². The standard InChI is InChI=1S/C20H20ClN5O2/c1-13-7-9-15(10-8-13)26-14(2)18(24-25-26)20(28)23-12-11-22-19(27)16-5-3-4-6-17(16)21/h3-10H,11-12H2,1-2H3,(H,22,27)(H,23,28). The Morgan fingerprint density at radius 3 is 2.29 bits per heavy atom. The van der Waals surface area contributed by atoms with Crippen molar-refractivity contribution in [2.24, 2.45) is 0 Å². The number of carbonyl (C=O) groups is 2. The zero-order valence-electron chi connectivity index (χ0n) is 15.6. The van der Waals surface area contributed by atoms with Gasteiger partial charge in [-0.2, -0.15) is 0 Å². The summed E-state index contributed by atoms with van der Waals surface area (Å²) in [5.41, 5.74) is 3.26. The molecule has 0 saturated heterocycles. The molecule has 28 heavy (non-hydrogen) atoms. The van der Waals surface area contributed by atoms with Crippen molar-refractivity contribution >= 4 is 23.4 Å². The molecule has 8 heteroatoms. The third-order valence-electron chi connectivity index (χ3n) is 4.20. The molecule has 0 spiro atoms. The predicted molar refractivity (Wildman–Crippen MR) is 107 cm³/mol. The molecule has 7 nitrogen and oxygen atoms in total. The summed E-state index contributed by atoms with van der Waals surface area (Å²) < 4.78 is 1.62. The minimum atomic E-state index is -0.345. The van der Waals surface area contributed by atoms with Crippen LogP contribution in [0.25, 0.3) is 5.69 Å². The van der Waals surface area contributed by atoms with Gasteiger partial charge in [-0.3, -0.25) is 9.59 Å². The SMILES string of the molecule is Cc1ccc(-n2nnc(C(=O)NCCNC(=O)c3ccccc3Cl)c2C)cc1. The fourth-order valence-corrected chi connectivity index (χ4v) is 2.87. The third-order valence-corrected chi connectivity index (χ3v) is 4.53. The molecule has 0 aliphatic heterocycles. The third kappa shape index (κ3) is 4.37. The number of rotatable bonds is 6. The fraction of sp³-hybridized carbons (Fsp3) is 0.200. The Bertz CT molecular complexity index is 998. The highest BCUT2D eigenvalue weighted by molar-refractivity contribution is 6.33. The second-order valence-corrected chi connectivity index (χ2v) is 6.67. The summed E-state index contributed by atoms with van der Waals surface area (Å²) >= 11 is 5.99. The summed E-state index contributed by atoms with van der Waals surface area (Å²) in [5.74, 6) is -0.635. The molecule has 2 aromatic carbocycles. The monoisotopic (exact) mass is 397 g/mol. The Labute approximate surface area is 167 Å². The first kappa shape index (κ1) is 19.6. The summed E-state index contributed by atoms with van der Waals surface area (Å²) in [6.07, 6.45) is 0. The predicted octanol–water partition coefficient (Wildman–Crippen LogP) is 2.70. The summed E-state index contributed by atoms with van der Waals surface area (Å²) in [4.78, 5) is 24.5. The van der Waals surface area contributed by atoms with E-state index < -0.39 is 0 Å². The van der Waals surface area contributed by atoms with Crippen LogP contribution in [-0.4, -0.2) is 39.9 Å². The highest BCUT2D eigenvalue weighted by Crippen LogP contribution is 2.14. The van der Waals surface area contributed by atoms with Crippen molar-refractivity contribution in [3.8, 4) is 5.69 Å². The number of halogens is 1. The maximum absolute atomic E-state index is 12.4. The number of nitrogens with one attached hydrogen (secondary N) is 2. The van der Waals surface area contributed by atoms with Crippen molar-refractivity contribution in [3.05, 3.63) is 76.1 Å². The number of hydrogen-bond donors (Lipinski definition) is 2. The van der Waals surface area contributed by atoms with Crippen molar-refractivity contribution in [2.45, 2.75) is 13.8 Å². The van der Waals surface area contributed by atoms with Gasteiger partial charge >= 0.3 is 0 Å². The minimum Gasteiger partial charge on any atom is -0.350 e. The molecule has 0 aliphatic carbocycles. The molecule has 0 saturated carbocycles. The second-order valence-electron chi connectivity index (χ2n) is 6.26. The number of aromatic nitrogens is 3. The highest BCUT2D eigenvalue weighted by atomic mass is 35.5. The largest absolute Gasteiger partial charge is 0.350 e. The second kappa shape index (κ2) is 8.67. The Morgan fingerprint density at radius 1 is 0.964 bits per heavy atom. The van der Waals surface area contributed by atoms with Crippen LogP contribution in [0.3, 0.4) is 0 Å². The lowest BCUT2D eigenvalue weighted by atomic mass is 10.2. The molecule has 0 atom stereocenters. The lowest BCUT2D eigenvalue weighted by Crippen LogP contribution is -2.35. The Morgan fingerprint density at radius 2 is 1.61 bits per heavy atom. The number of nitrogens with zero attached hydrogens (tertiary/aromatic N) is 3. The van der Waals surface area contributed by atoms with Gasteiger partial charge in [-0.05, 0) is 38.1 Å². The van der Waals surface area contributed by atoms with Gasteiger partial charge in [-0.25, -0.2) is 4.68 Å². The molecular formula is C20H20ClN5O2. The van der Waals surface area contributed by atoms with Crippen molar-refractivity contribution in [3.63, 3.8) is 0 Å². The van der Waals surface area contributed by atoms with Gasteiger partial charge in [0.25, 0.3) is 11.8 Å². The molecule has 1 aromatic heterocycles. The fourth-order valence-electron chi connectivity index (χ4n) is 2.65. The molecule has 0 bridgehead atoms. The number of carbonyl (C=O) groups excluding carboxylic acids is 2. The van der Waals surface area contributed by atoms with Crippen molar-refractivity contribution < 1.29 is 9.59 Å². The number of aryl methyl sites for hydroxylation is 1. The molecule has 144 valence electrons. The van der Waals surface area contributed by atoms with E-state index in [1.807, 2.05) is 31.2 Å². The molecule has 0 fully saturated rings. The van der Waals surface area contributed by atoms with Crippen LogP contribution in [0.2, 0.25) is 5.02 Å². The van der Waals surface area contributed by atoms with Crippen molar-refractivity contribution in [1.82, 2.24) is 25.6 Å². The van der Waals surface area contributed by atoms with Crippen LogP contribution in [-0.2, 0) is 0 Å². The Balaban J connectivity index is 1.55. The quantitative estimate of drug-likeness (QED) is 0.626. The van der Waals surface area contributed by atoms with E-state index in [0.717, 1.165) is 11.3 Å². The molecule has 0 radical (unpaired) electrons. The van der Waals surface area contributed by atoms with Crippen LogP contribution in [0, 0.1) is 13.8 Å². The molecule has 2 N–H and O–H groups in total. The van der Waals surface area contributed by atoms with Crippen LogP contribution >= 0.6 is 11.6 Å². The molecule has 2 amide bonds. The van der Waals surface area contributed by atoms with Gasteiger partial charge in [0.1, 0.15) is 0 Å². The first-order valence-corrected chi connectivity index (χ1v) is 9.15. The van der Waals surface area contributed by atoms with E-state index in [0.29, 0.717) is 16.3 Å². The van der Waals surface area contributed by atoms with Gasteiger partial charge < -0.3 is 10.6 Å². The van der Waals surface area contributed by atoms with E-state index in [2.05, 4.69) is 20.9 Å². The molecule has 0 aliphatic rings. The van der Waals surface area contributed by atoms with Crippen LogP contribution in [0.5, 0.6) is 0 Å². The average molecular weight is 398 g/mol. The number of benzene rings is 2. The van der Waals surface area contributed by atoms with Gasteiger partial charge in [0.2, 0.25) is 0 Å². The molecule has 3 rings (SSSR count). The maximum Gasteiger partial charge on any atom is 0.273 e. The summed E-state index contributed by atoms with van der Waals surface area (Å²) in [6.45, 7) is 4.31. The van der Waals surface area contributed by atoms with E-state index in [-0.39, 0.29) is 30.6 Å². The zero-order valence-corrected chi connectivity index (χ0v) is 16.3. The highest BCUT2D eigenvalue weighted by Gasteiger charge is 2.17. The Kier molecular flexibility index (Phi) is 6.06. The summed E-state index contributed by atoms with van der Waals surface area (Å²) in [5, 5.41) is 13.9. The first-order chi connectivity index (χ1) is 13.5. The molecular weight excluding hydrogens is 378 g/mol. The van der Waals surface area contributed by atoms with Crippen LogP contribution in [0.4, 0.5) is 0 Å². The normalized spacial score (nSPS) is 10.5. The molecule has 0 unspecified atom stereocenters. The van der Waals surface area contributed by atoms with E-state index in [1.54, 1.807) is 35.9 Å². The lowest BCUT2D eigenvalue weighted by Gasteiger charge is -2.08. The van der Waals surface area contributed by atoms with Crippen molar-refractivity contribution in [2.75, 3.05) is 13.1 Å². The minimum absolute atomic E-state index is 0.248. The van der Waals surface area contributed by atoms with Gasteiger partial charge in [0.15, 0.2) is 5.69 Å². The van der Waals surface area contributed by atoms with Gasteiger partial charge in [-0.15, -0.1) is 5.10 Å². The summed E-state index contributed by atoms with van der Waals surface area (Å²) in [6, 6.07) is 14.6. The lowest BCUT2D eigenvalue weighted by molar-refractivity contribution is 0.0924. The average Bonchev–Trinajstić information content (AvgIpc) is 3.07. The zero-order chi connectivity index (χ0) is 20.1. The van der Waals surface area contributed by atoms with Crippen molar-refractivity contribution in [1.29, 1.82) is 0 Å². The van der Waals surface area contributed by atoms with E-state index in [9.17, 15) is 9.59 Å². The smallest absolute Gasteiger partial charge is 0.273 e. The molecule has 3 aromatic rings. The van der Waals surface area contributed by atoms with E-state index >= 15 is 0 Å². The molecule has 1 heterocycles. The van der Waals surface area contributed by atoms with Crippen LogP contribution in [0.1, 0.15) is 32.1 Å². The first-order valence-electron chi connectivity index (χ1n) is 8.77. The number of amides is 2. The van der Waals surface area contributed by atoms with Crippen LogP contribution in [0.15, 0.2) is 48.5 Å². The van der Waals surface area contributed by atoms with Gasteiger partial charge in [0.05, 0.1) is 22.0 Å². The van der Waals surface area contributed by atoms with E-state index in [4.69, 9.17) is 11.6 Å². The Hall–Kier alpha value is -3.19. The van der Waals surface area contributed by atoms with Gasteiger partial charge in [-0.1, -0.05) is 46.6 Å². The summed E-state index contributed by atoms with van der Waals surface area (Å²) in [7, 11) is 0. The maximum atomic E-state index is 12.4. The van der Waals surface area contributed by atoms with Gasteiger partial charge in [0, 0.05) is 13.1 Å². The number of hydrogen-bond acceptors (Lipinski definition) is 4. The van der Waals surface area contributed by atoms with E-state index in [1.165, 1.54) is 0 Å². The topological polar surface area (TPSA) is 88.9 Å².